The van der Waals surface area contributed by atoms with E-state index in [-0.39, 0.29) is 27.0 Å². The molecule has 3 rings (SSSR count). The largest absolute Gasteiger partial charge is 0.466 e. The number of esters is 2. The maximum atomic E-state index is 15.4. The molecule has 14 nitrogen and oxygen atoms in total. The second-order valence-corrected chi connectivity index (χ2v) is 30.1. The van der Waals surface area contributed by atoms with Crippen molar-refractivity contribution >= 4 is 39.7 Å². The van der Waals surface area contributed by atoms with Crippen LogP contribution in [0, 0.1) is 40.9 Å². The topological polar surface area (TPSA) is 183 Å². The zero-order chi connectivity index (χ0) is 41.9. The first kappa shape index (κ1) is 47.8. The highest BCUT2D eigenvalue weighted by atomic mass is 28.3. The Morgan fingerprint density at radius 1 is 0.764 bits per heavy atom. The van der Waals surface area contributed by atoms with Crippen LogP contribution in [0.3, 0.4) is 0 Å². The molecule has 16 heteroatoms. The number of ether oxygens (including phenoxy) is 8. The molecular formula is C39H70O14Si2. The summed E-state index contributed by atoms with van der Waals surface area (Å²) in [6.07, 6.45) is -2.12. The molecule has 0 saturated heterocycles. The van der Waals surface area contributed by atoms with Gasteiger partial charge in [0, 0.05) is 74.0 Å². The Balaban J connectivity index is 2.24. The minimum Gasteiger partial charge on any atom is -0.466 e. The number of hydrogen-bond acceptors (Lipinski definition) is 14. The first-order valence-electron chi connectivity index (χ1n) is 19.6. The lowest BCUT2D eigenvalue weighted by Crippen LogP contribution is -2.87. The van der Waals surface area contributed by atoms with E-state index in [0.29, 0.717) is 13.2 Å². The molecule has 3 aliphatic carbocycles. The first-order chi connectivity index (χ1) is 25.3. The van der Waals surface area contributed by atoms with Crippen molar-refractivity contribution in [1.29, 1.82) is 0 Å². The molecule has 0 spiro atoms. The van der Waals surface area contributed by atoms with Gasteiger partial charge >= 0.3 is 11.9 Å². The van der Waals surface area contributed by atoms with Crippen LogP contribution < -0.4 is 0 Å². The summed E-state index contributed by atoms with van der Waals surface area (Å²) in [5.74, 6) is -9.04. The van der Waals surface area contributed by atoms with Gasteiger partial charge in [-0.2, -0.15) is 0 Å². The van der Waals surface area contributed by atoms with Gasteiger partial charge in [0.15, 0.2) is 11.6 Å². The molecule has 3 saturated carbocycles. The molecule has 0 bridgehead atoms. The van der Waals surface area contributed by atoms with Crippen molar-refractivity contribution in [3.8, 4) is 0 Å². The van der Waals surface area contributed by atoms with Crippen LogP contribution in [0.25, 0.3) is 0 Å². The summed E-state index contributed by atoms with van der Waals surface area (Å²) in [7, 11) is -1.46. The standard InChI is InChI=1S/C39H70O14Si2/c1-24-29(19-49-27(4)40)32-38(44,25(2)31(24)51-22-47-15-17-54(9,10)11)26(3)33(42)36(6)35(52-21-46-8)37(7,53-23-48-16-18-55(12,13)14)30(20-50-28(5)41)34(43)39(32,36)45/h24-26,29-32,35,44-45H,15-23H2,1-14H3/t24-,25-,26-,29+,30+,31-,32-,35-,36-,37-,38-,39+/m1/s1. The maximum absolute atomic E-state index is 15.4. The molecule has 0 radical (unpaired) electrons. The fraction of sp³-hybridized carbons (Fsp3) is 0.897. The number of methoxy groups -OCH3 is 1. The van der Waals surface area contributed by atoms with Crippen LogP contribution in [0.2, 0.25) is 51.4 Å². The molecule has 0 aromatic carbocycles. The second kappa shape index (κ2) is 18.1. The van der Waals surface area contributed by atoms with Crippen molar-refractivity contribution in [2.24, 2.45) is 40.9 Å². The Morgan fingerprint density at radius 2 is 1.29 bits per heavy atom. The molecule has 0 aromatic rings. The first-order valence-corrected chi connectivity index (χ1v) is 27.0. The quantitative estimate of drug-likeness (QED) is 0.0815. The van der Waals surface area contributed by atoms with Gasteiger partial charge < -0.3 is 48.1 Å². The van der Waals surface area contributed by atoms with E-state index in [0.717, 1.165) is 12.1 Å². The summed E-state index contributed by atoms with van der Waals surface area (Å²) >= 11 is 0. The van der Waals surface area contributed by atoms with Gasteiger partial charge in [-0.15, -0.1) is 0 Å². The lowest BCUT2D eigenvalue weighted by molar-refractivity contribution is -0.339. The molecular weight excluding hydrogens is 749 g/mol. The van der Waals surface area contributed by atoms with Crippen molar-refractivity contribution in [3.05, 3.63) is 0 Å². The molecule has 0 heterocycles. The van der Waals surface area contributed by atoms with Gasteiger partial charge in [-0.1, -0.05) is 60.1 Å². The van der Waals surface area contributed by atoms with Crippen molar-refractivity contribution in [3.63, 3.8) is 0 Å². The molecule has 2 N–H and O–H groups in total. The summed E-state index contributed by atoms with van der Waals surface area (Å²) in [6, 6.07) is 1.76. The van der Waals surface area contributed by atoms with Gasteiger partial charge in [0.2, 0.25) is 0 Å². The third-order valence-electron chi connectivity index (χ3n) is 12.7. The monoisotopic (exact) mass is 818 g/mol. The van der Waals surface area contributed by atoms with Crippen LogP contribution in [0.1, 0.15) is 48.5 Å². The van der Waals surface area contributed by atoms with Crippen molar-refractivity contribution in [1.82, 2.24) is 0 Å². The van der Waals surface area contributed by atoms with Gasteiger partial charge in [0.1, 0.15) is 44.3 Å². The minimum absolute atomic E-state index is 0.0821. The lowest BCUT2D eigenvalue weighted by Gasteiger charge is -2.70. The Hall–Kier alpha value is -1.61. The van der Waals surface area contributed by atoms with Gasteiger partial charge in [0.05, 0.1) is 29.6 Å². The van der Waals surface area contributed by atoms with E-state index < -0.39 is 116 Å². The van der Waals surface area contributed by atoms with E-state index in [1.54, 1.807) is 20.8 Å². The van der Waals surface area contributed by atoms with Crippen LogP contribution in [-0.4, -0.2) is 133 Å². The van der Waals surface area contributed by atoms with E-state index in [1.165, 1.54) is 27.9 Å². The number of Topliss-reactive ketones (excluding diaryl/α,β-unsaturated/α-hetero) is 2. The zero-order valence-electron chi connectivity index (χ0n) is 35.8. The van der Waals surface area contributed by atoms with E-state index >= 15 is 9.59 Å². The summed E-state index contributed by atoms with van der Waals surface area (Å²) in [5, 5.41) is 26.7. The number of carbonyl (C=O) groups is 4. The number of carbonyl (C=O) groups excluding carboxylic acids is 4. The Morgan fingerprint density at radius 3 is 1.80 bits per heavy atom. The highest BCUT2D eigenvalue weighted by Gasteiger charge is 2.83. The normalized spacial score (nSPS) is 38.0. The number of fused-ring (bicyclic) bond motifs is 3. The predicted octanol–water partition coefficient (Wildman–Crippen LogP) is 4.29. The Kier molecular flexibility index (Phi) is 15.7. The molecule has 0 amide bonds. The van der Waals surface area contributed by atoms with E-state index in [4.69, 9.17) is 37.9 Å². The summed E-state index contributed by atoms with van der Waals surface area (Å²) in [6.45, 7) is 23.4. The van der Waals surface area contributed by atoms with Crippen LogP contribution in [0.4, 0.5) is 0 Å². The fourth-order valence-electron chi connectivity index (χ4n) is 9.40. The molecule has 0 unspecified atom stereocenters. The lowest BCUT2D eigenvalue weighted by atomic mass is 9.36. The van der Waals surface area contributed by atoms with Crippen LogP contribution >= 0.6 is 0 Å². The minimum atomic E-state index is -2.66. The molecule has 12 atom stereocenters. The highest BCUT2D eigenvalue weighted by molar-refractivity contribution is 6.76. The van der Waals surface area contributed by atoms with Gasteiger partial charge in [-0.25, -0.2) is 0 Å². The molecule has 318 valence electrons. The smallest absolute Gasteiger partial charge is 0.302 e. The van der Waals surface area contributed by atoms with E-state index in [9.17, 15) is 19.8 Å². The number of rotatable bonds is 19. The summed E-state index contributed by atoms with van der Waals surface area (Å²) in [5.41, 5.74) is -8.51. The number of hydrogen-bond donors (Lipinski definition) is 2. The molecule has 3 fully saturated rings. The van der Waals surface area contributed by atoms with Crippen molar-refractivity contribution in [2.75, 3.05) is 53.9 Å². The van der Waals surface area contributed by atoms with Crippen LogP contribution in [0.5, 0.6) is 0 Å². The van der Waals surface area contributed by atoms with Crippen LogP contribution in [-0.2, 0) is 57.1 Å². The molecule has 55 heavy (non-hydrogen) atoms. The zero-order valence-corrected chi connectivity index (χ0v) is 37.8. The second-order valence-electron chi connectivity index (χ2n) is 18.8. The average Bonchev–Trinajstić information content (AvgIpc) is 3.06. The third kappa shape index (κ3) is 9.49. The SMILES string of the molecule is COCO[C@H]1[C@](C)(OCOCC[Si](C)(C)C)[C@@H](COC(C)=O)C(=O)[C@@]2(O)[C@@H]3[C@@H](COC(C)=O)[C@@H](C)[C@@H](OCOCC[Si](C)(C)C)[C@@H](C)[C@@]3(O)[C@H](C)C(=O)[C@]12C. The summed E-state index contributed by atoms with van der Waals surface area (Å²) < 4.78 is 47.3. The highest BCUT2D eigenvalue weighted by Crippen LogP contribution is 2.67. The Labute approximate surface area is 329 Å². The maximum Gasteiger partial charge on any atom is 0.302 e. The van der Waals surface area contributed by atoms with Crippen molar-refractivity contribution < 1.29 is 67.3 Å². The Bertz CT molecular complexity index is 1370. The molecule has 0 aromatic heterocycles. The molecule has 3 aliphatic rings. The van der Waals surface area contributed by atoms with E-state index in [2.05, 4.69) is 39.3 Å². The third-order valence-corrected chi connectivity index (χ3v) is 16.1. The number of ketones is 2. The van der Waals surface area contributed by atoms with Gasteiger partial charge in [0.25, 0.3) is 0 Å². The van der Waals surface area contributed by atoms with E-state index in [1.807, 2.05) is 6.92 Å². The number of aliphatic hydroxyl groups is 2. The van der Waals surface area contributed by atoms with Crippen LogP contribution in [0.15, 0.2) is 0 Å². The predicted molar refractivity (Wildman–Crippen MR) is 208 cm³/mol. The van der Waals surface area contributed by atoms with Gasteiger partial charge in [-0.05, 0) is 31.9 Å². The fourth-order valence-corrected chi connectivity index (χ4v) is 10.9. The summed E-state index contributed by atoms with van der Waals surface area (Å²) in [4.78, 5) is 55.3. The molecule has 0 aliphatic heterocycles. The average molecular weight is 819 g/mol. The van der Waals surface area contributed by atoms with Gasteiger partial charge in [-0.3, -0.25) is 19.2 Å². The van der Waals surface area contributed by atoms with Crippen molar-refractivity contribution in [2.45, 2.75) is 129 Å².